The molecule has 144 valence electrons. The molecule has 0 saturated heterocycles. The molecule has 0 unspecified atom stereocenters. The molecule has 1 heterocycles. The van der Waals surface area contributed by atoms with Gasteiger partial charge in [-0.25, -0.2) is 4.99 Å². The molecule has 3 aliphatic rings. The molecule has 0 fully saturated rings. The van der Waals surface area contributed by atoms with Crippen LogP contribution in [0.25, 0.3) is 16.7 Å². The Morgan fingerprint density at radius 3 is 2.31 bits per heavy atom. The Bertz CT molecular complexity index is 1200. The van der Waals surface area contributed by atoms with Gasteiger partial charge >= 0.3 is 0 Å². The third-order valence-electron chi connectivity index (χ3n) is 6.55. The van der Waals surface area contributed by atoms with Crippen molar-refractivity contribution < 1.29 is 0 Å². The van der Waals surface area contributed by atoms with Crippen LogP contribution in [-0.4, -0.2) is 14.5 Å². The summed E-state index contributed by atoms with van der Waals surface area (Å²) in [5.74, 6) is 0. The Hall–Kier alpha value is -2.71. The molecule has 0 bridgehead atoms. The van der Waals surface area contributed by atoms with Gasteiger partial charge in [-0.15, -0.1) is 0 Å². The lowest BCUT2D eigenvalue weighted by atomic mass is 9.87. The van der Waals surface area contributed by atoms with E-state index in [0.29, 0.717) is 0 Å². The molecular formula is C27H27NSi. The summed E-state index contributed by atoms with van der Waals surface area (Å²) in [6, 6.07) is 13.2. The largest absolute Gasteiger partial charge is 0.247 e. The second-order valence-electron chi connectivity index (χ2n) is 8.68. The van der Waals surface area contributed by atoms with Crippen LogP contribution in [0, 0.1) is 6.92 Å². The SMILES string of the molecule is CC1=C(C)C(c2ccccc2)=C2C1=Nc1cc(C)c([SiH](C)C)c(C3=CC=CC3)c12. The van der Waals surface area contributed by atoms with E-state index >= 15 is 0 Å². The summed E-state index contributed by atoms with van der Waals surface area (Å²) in [5, 5.41) is 1.61. The number of aryl methyl sites for hydroxylation is 1. The summed E-state index contributed by atoms with van der Waals surface area (Å²) in [5.41, 5.74) is 14.8. The highest BCUT2D eigenvalue weighted by atomic mass is 28.3. The molecule has 0 radical (unpaired) electrons. The van der Waals surface area contributed by atoms with E-state index in [2.05, 4.69) is 88.5 Å². The fourth-order valence-corrected chi connectivity index (χ4v) is 7.10. The lowest BCUT2D eigenvalue weighted by Crippen LogP contribution is -2.30. The number of hydrogen-bond acceptors (Lipinski definition) is 1. The van der Waals surface area contributed by atoms with Gasteiger partial charge in [0.2, 0.25) is 0 Å². The third-order valence-corrected chi connectivity index (χ3v) is 8.45. The molecule has 0 N–H and O–H groups in total. The first-order valence-corrected chi connectivity index (χ1v) is 13.5. The molecular weight excluding hydrogens is 366 g/mol. The second kappa shape index (κ2) is 6.67. The minimum absolute atomic E-state index is 1.02. The van der Waals surface area contributed by atoms with Crippen molar-refractivity contribution >= 4 is 42.1 Å². The van der Waals surface area contributed by atoms with Gasteiger partial charge < -0.3 is 0 Å². The molecule has 0 saturated carbocycles. The van der Waals surface area contributed by atoms with Crippen molar-refractivity contribution in [1.82, 2.24) is 0 Å². The topological polar surface area (TPSA) is 12.4 Å². The fourth-order valence-electron chi connectivity index (χ4n) is 5.19. The maximum absolute atomic E-state index is 5.18. The van der Waals surface area contributed by atoms with E-state index < -0.39 is 8.80 Å². The molecule has 5 rings (SSSR count). The van der Waals surface area contributed by atoms with Crippen molar-refractivity contribution in [3.8, 4) is 0 Å². The summed E-state index contributed by atoms with van der Waals surface area (Å²) < 4.78 is 0. The standard InChI is InChI=1S/C27H27NSi/c1-16-15-21-24(23(27(16)29(4)5)20-13-9-10-14-20)25-22(19-11-7-6-8-12-19)17(2)18(3)26(25)28-21/h6-13,15,29H,14H2,1-5H3. The van der Waals surface area contributed by atoms with Crippen LogP contribution < -0.4 is 5.19 Å². The van der Waals surface area contributed by atoms with E-state index in [0.717, 1.165) is 12.1 Å². The number of rotatable bonds is 3. The van der Waals surface area contributed by atoms with Crippen LogP contribution in [0.2, 0.25) is 13.1 Å². The maximum Gasteiger partial charge on any atom is 0.0754 e. The first-order valence-electron chi connectivity index (χ1n) is 10.6. The minimum atomic E-state index is -1.02. The molecule has 1 nitrogen and oxygen atoms in total. The number of fused-ring (bicyclic) bond motifs is 3. The smallest absolute Gasteiger partial charge is 0.0754 e. The van der Waals surface area contributed by atoms with Gasteiger partial charge in [-0.1, -0.05) is 66.8 Å². The van der Waals surface area contributed by atoms with Gasteiger partial charge in [-0.3, -0.25) is 0 Å². The van der Waals surface area contributed by atoms with Gasteiger partial charge in [-0.2, -0.15) is 0 Å². The van der Waals surface area contributed by atoms with Gasteiger partial charge in [0.25, 0.3) is 0 Å². The van der Waals surface area contributed by atoms with Crippen LogP contribution in [0.5, 0.6) is 0 Å². The zero-order valence-electron chi connectivity index (χ0n) is 17.9. The highest BCUT2D eigenvalue weighted by molar-refractivity contribution is 6.72. The fraction of sp³-hybridized carbons (Fsp3) is 0.222. The van der Waals surface area contributed by atoms with Crippen LogP contribution in [-0.2, 0) is 0 Å². The Morgan fingerprint density at radius 1 is 0.897 bits per heavy atom. The second-order valence-corrected chi connectivity index (χ2v) is 11.6. The molecule has 1 aliphatic heterocycles. The summed E-state index contributed by atoms with van der Waals surface area (Å²) in [7, 11) is -1.02. The summed E-state index contributed by atoms with van der Waals surface area (Å²) in [4.78, 5) is 5.18. The van der Waals surface area contributed by atoms with Gasteiger partial charge in [0.1, 0.15) is 0 Å². The van der Waals surface area contributed by atoms with Crippen LogP contribution in [0.3, 0.4) is 0 Å². The van der Waals surface area contributed by atoms with E-state index in [1.165, 1.54) is 55.8 Å². The quantitative estimate of drug-likeness (QED) is 0.537. The Kier molecular flexibility index (Phi) is 4.21. The first kappa shape index (κ1) is 18.3. The van der Waals surface area contributed by atoms with Gasteiger partial charge in [-0.05, 0) is 72.2 Å². The number of hydrogen-bond donors (Lipinski definition) is 0. The van der Waals surface area contributed by atoms with Gasteiger partial charge in [0, 0.05) is 11.1 Å². The van der Waals surface area contributed by atoms with E-state index in [4.69, 9.17) is 4.99 Å². The Balaban J connectivity index is 1.88. The van der Waals surface area contributed by atoms with Crippen molar-refractivity contribution in [2.45, 2.75) is 40.3 Å². The molecule has 0 spiro atoms. The average Bonchev–Trinajstić information content (AvgIpc) is 3.40. The Morgan fingerprint density at radius 2 is 1.66 bits per heavy atom. The number of nitrogens with zero attached hydrogens (tertiary/aromatic N) is 1. The van der Waals surface area contributed by atoms with E-state index in [9.17, 15) is 0 Å². The minimum Gasteiger partial charge on any atom is -0.247 e. The first-order chi connectivity index (χ1) is 14.0. The molecule has 2 aromatic rings. The van der Waals surface area contributed by atoms with Crippen molar-refractivity contribution in [2.24, 2.45) is 4.99 Å². The van der Waals surface area contributed by atoms with Crippen molar-refractivity contribution in [3.05, 3.63) is 88.0 Å². The van der Waals surface area contributed by atoms with E-state index in [-0.39, 0.29) is 0 Å². The molecule has 2 aromatic carbocycles. The van der Waals surface area contributed by atoms with Crippen LogP contribution in [0.4, 0.5) is 5.69 Å². The number of aliphatic imine (C=N–C) groups is 1. The van der Waals surface area contributed by atoms with Crippen LogP contribution >= 0.6 is 0 Å². The molecule has 0 aromatic heterocycles. The Labute approximate surface area is 175 Å². The molecule has 0 atom stereocenters. The monoisotopic (exact) mass is 393 g/mol. The van der Waals surface area contributed by atoms with Gasteiger partial charge in [0.05, 0.1) is 20.2 Å². The summed E-state index contributed by atoms with van der Waals surface area (Å²) >= 11 is 0. The number of allylic oxidation sites excluding steroid dienone is 8. The van der Waals surface area contributed by atoms with Crippen molar-refractivity contribution in [1.29, 1.82) is 0 Å². The zero-order valence-corrected chi connectivity index (χ0v) is 19.1. The normalized spacial score (nSPS) is 17.3. The van der Waals surface area contributed by atoms with Gasteiger partial charge in [0.15, 0.2) is 0 Å². The van der Waals surface area contributed by atoms with E-state index in [1.54, 1.807) is 5.19 Å². The third kappa shape index (κ3) is 2.62. The highest BCUT2D eigenvalue weighted by Crippen LogP contribution is 2.51. The van der Waals surface area contributed by atoms with Crippen molar-refractivity contribution in [2.75, 3.05) is 0 Å². The predicted octanol–water partition coefficient (Wildman–Crippen LogP) is 6.38. The summed E-state index contributed by atoms with van der Waals surface area (Å²) in [6.45, 7) is 11.7. The van der Waals surface area contributed by atoms with Crippen LogP contribution in [0.15, 0.2) is 70.8 Å². The average molecular weight is 394 g/mol. The molecule has 2 aliphatic carbocycles. The zero-order chi connectivity index (χ0) is 20.3. The maximum atomic E-state index is 5.18. The molecule has 2 heteroatoms. The molecule has 0 amide bonds. The highest BCUT2D eigenvalue weighted by Gasteiger charge is 2.36. The predicted molar refractivity (Wildman–Crippen MR) is 130 cm³/mol. The van der Waals surface area contributed by atoms with Crippen LogP contribution in [0.1, 0.15) is 42.5 Å². The van der Waals surface area contributed by atoms with Crippen molar-refractivity contribution in [3.63, 3.8) is 0 Å². The lowest BCUT2D eigenvalue weighted by Gasteiger charge is -2.22. The lowest BCUT2D eigenvalue weighted by molar-refractivity contribution is 1.38. The summed E-state index contributed by atoms with van der Waals surface area (Å²) in [6.07, 6.45) is 7.83. The van der Waals surface area contributed by atoms with E-state index in [1.807, 2.05) is 0 Å². The number of benzene rings is 2. The molecule has 29 heavy (non-hydrogen) atoms.